The van der Waals surface area contributed by atoms with Crippen molar-refractivity contribution in [2.45, 2.75) is 51.0 Å². The van der Waals surface area contributed by atoms with Crippen LogP contribution in [-0.2, 0) is 22.3 Å². The Bertz CT molecular complexity index is 1200. The lowest BCUT2D eigenvalue weighted by atomic mass is 9.87. The lowest BCUT2D eigenvalue weighted by molar-refractivity contribution is 0.0423. The second kappa shape index (κ2) is 14.7. The third-order valence-electron chi connectivity index (χ3n) is 8.87. The number of hydrogen-bond donors (Lipinski definition) is 1. The highest BCUT2D eigenvalue weighted by atomic mass is 79.9. The number of hydrogen-bond acceptors (Lipinski definition) is 5. The summed E-state index contributed by atoms with van der Waals surface area (Å²) in [5.74, 6) is 3.26. The van der Waals surface area contributed by atoms with Crippen molar-refractivity contribution in [3.63, 3.8) is 0 Å². The van der Waals surface area contributed by atoms with Gasteiger partial charge in [-0.15, -0.1) is 0 Å². The number of benzene rings is 2. The Hall–Kier alpha value is -2.06. The summed E-state index contributed by atoms with van der Waals surface area (Å²) in [5.41, 5.74) is 5.42. The predicted octanol–water partition coefficient (Wildman–Crippen LogP) is 6.95. The highest BCUT2D eigenvalue weighted by Gasteiger charge is 2.31. The smallest absolute Gasteiger partial charge is 0.161 e. The van der Waals surface area contributed by atoms with Crippen molar-refractivity contribution in [3.8, 4) is 11.5 Å². The van der Waals surface area contributed by atoms with E-state index in [2.05, 4.69) is 68.4 Å². The van der Waals surface area contributed by atoms with Crippen LogP contribution in [0.1, 0.15) is 54.8 Å². The van der Waals surface area contributed by atoms with Gasteiger partial charge in [0.2, 0.25) is 0 Å². The quantitative estimate of drug-likeness (QED) is 0.279. The van der Waals surface area contributed by atoms with Crippen molar-refractivity contribution in [3.05, 3.63) is 59.3 Å². The van der Waals surface area contributed by atoms with Crippen molar-refractivity contribution < 1.29 is 18.9 Å². The number of alkyl halides is 1. The molecule has 6 nitrogen and oxygen atoms in total. The molecular weight excluding hydrogens is 568 g/mol. The SMILES string of the molecule is BrCC1CCOCC1.COc1cc2c(cc1OC)C(CCc1c[nH]c3ccccc13)N(CC1CCOCC1)CC2. The van der Waals surface area contributed by atoms with E-state index in [1.807, 2.05) is 0 Å². The molecule has 3 aliphatic rings. The molecule has 0 saturated carbocycles. The van der Waals surface area contributed by atoms with Gasteiger partial charge in [0.05, 0.1) is 14.2 Å². The summed E-state index contributed by atoms with van der Waals surface area (Å²) in [4.78, 5) is 6.16. The minimum atomic E-state index is 0.384. The van der Waals surface area contributed by atoms with E-state index in [1.54, 1.807) is 14.2 Å². The number of rotatable bonds is 8. The number of para-hydroxylation sites is 1. The molecule has 1 aromatic heterocycles. The molecule has 3 aliphatic heterocycles. The van der Waals surface area contributed by atoms with Gasteiger partial charge in [0, 0.05) is 68.0 Å². The molecule has 2 aromatic carbocycles. The molecule has 3 aromatic rings. The van der Waals surface area contributed by atoms with Crippen LogP contribution < -0.4 is 9.47 Å². The fraction of sp³-hybridized carbons (Fsp3) is 0.576. The molecule has 0 radical (unpaired) electrons. The summed E-state index contributed by atoms with van der Waals surface area (Å²) in [5, 5.41) is 2.49. The van der Waals surface area contributed by atoms with Gasteiger partial charge in [-0.1, -0.05) is 34.1 Å². The molecule has 4 heterocycles. The summed E-state index contributed by atoms with van der Waals surface area (Å²) in [6.07, 6.45) is 10.2. The van der Waals surface area contributed by atoms with Crippen LogP contribution in [0.2, 0.25) is 0 Å². The first-order chi connectivity index (χ1) is 19.7. The Labute approximate surface area is 247 Å². The van der Waals surface area contributed by atoms with E-state index >= 15 is 0 Å². The van der Waals surface area contributed by atoms with E-state index in [0.717, 1.165) is 87.4 Å². The van der Waals surface area contributed by atoms with Crippen LogP contribution in [-0.4, -0.2) is 69.0 Å². The van der Waals surface area contributed by atoms with Crippen molar-refractivity contribution in [1.29, 1.82) is 0 Å². The maximum atomic E-state index is 5.68. The lowest BCUT2D eigenvalue weighted by Gasteiger charge is -2.40. The molecule has 6 rings (SSSR count). The number of nitrogens with one attached hydrogen (secondary N) is 1. The van der Waals surface area contributed by atoms with Gasteiger partial charge in [-0.3, -0.25) is 4.90 Å². The molecule has 2 saturated heterocycles. The number of methoxy groups -OCH3 is 2. The molecule has 1 atom stereocenters. The lowest BCUT2D eigenvalue weighted by Crippen LogP contribution is -2.40. The predicted molar refractivity (Wildman–Crippen MR) is 165 cm³/mol. The standard InChI is InChI=1S/C27H34N2O3.C6H11BrO/c1-30-26-15-20-9-12-29(18-19-10-13-32-14-11-19)25(23(20)16-27(26)31-2)8-7-21-17-28-24-6-4-3-5-22(21)24;7-5-6-1-3-8-4-2-6/h3-6,15-17,19,25,28H,7-14,18H2,1-2H3;6H,1-5H2. The Morgan fingerprint density at radius 2 is 1.60 bits per heavy atom. The van der Waals surface area contributed by atoms with E-state index in [4.69, 9.17) is 18.9 Å². The number of aryl methyl sites for hydroxylation is 1. The molecule has 1 unspecified atom stereocenters. The number of aromatic nitrogens is 1. The highest BCUT2D eigenvalue weighted by Crippen LogP contribution is 2.41. The normalized spacial score (nSPS) is 20.5. The van der Waals surface area contributed by atoms with Gasteiger partial charge in [-0.2, -0.15) is 0 Å². The number of ether oxygens (including phenoxy) is 4. The van der Waals surface area contributed by atoms with Crippen LogP contribution in [0.4, 0.5) is 0 Å². The summed E-state index contributed by atoms with van der Waals surface area (Å²) in [7, 11) is 3.45. The van der Waals surface area contributed by atoms with Crippen molar-refractivity contribution in [2.75, 3.05) is 59.1 Å². The van der Waals surface area contributed by atoms with Crippen LogP contribution in [0.15, 0.2) is 42.6 Å². The second-order valence-corrected chi connectivity index (χ2v) is 12.0. The molecule has 218 valence electrons. The van der Waals surface area contributed by atoms with Crippen molar-refractivity contribution >= 4 is 26.8 Å². The van der Waals surface area contributed by atoms with Gasteiger partial charge in [0.1, 0.15) is 0 Å². The van der Waals surface area contributed by atoms with E-state index in [-0.39, 0.29) is 0 Å². The Balaban J connectivity index is 0.000000348. The molecule has 40 heavy (non-hydrogen) atoms. The Kier molecular flexibility index (Phi) is 10.8. The summed E-state index contributed by atoms with van der Waals surface area (Å²) in [6.45, 7) is 5.99. The van der Waals surface area contributed by atoms with Gasteiger partial charge in [0.25, 0.3) is 0 Å². The number of nitrogens with zero attached hydrogens (tertiary/aromatic N) is 1. The van der Waals surface area contributed by atoms with Gasteiger partial charge in [-0.25, -0.2) is 0 Å². The molecule has 1 N–H and O–H groups in total. The minimum absolute atomic E-state index is 0.384. The summed E-state index contributed by atoms with van der Waals surface area (Å²) < 4.78 is 22.1. The zero-order valence-corrected chi connectivity index (χ0v) is 25.7. The Morgan fingerprint density at radius 3 is 2.27 bits per heavy atom. The maximum Gasteiger partial charge on any atom is 0.161 e. The largest absolute Gasteiger partial charge is 0.493 e. The summed E-state index contributed by atoms with van der Waals surface area (Å²) in [6, 6.07) is 13.4. The zero-order chi connectivity index (χ0) is 27.7. The number of fused-ring (bicyclic) bond motifs is 2. The molecular formula is C33H45BrN2O4. The fourth-order valence-corrected chi connectivity index (χ4v) is 7.08. The van der Waals surface area contributed by atoms with Gasteiger partial charge >= 0.3 is 0 Å². The van der Waals surface area contributed by atoms with Crippen LogP contribution in [0.3, 0.4) is 0 Å². The molecule has 7 heteroatoms. The van der Waals surface area contributed by atoms with Gasteiger partial charge in [0.15, 0.2) is 11.5 Å². The van der Waals surface area contributed by atoms with E-state index in [1.165, 1.54) is 53.3 Å². The minimum Gasteiger partial charge on any atom is -0.493 e. The second-order valence-electron chi connectivity index (χ2n) is 11.3. The third-order valence-corrected chi connectivity index (χ3v) is 9.78. The molecule has 0 bridgehead atoms. The number of H-pyrrole nitrogens is 1. The van der Waals surface area contributed by atoms with Crippen molar-refractivity contribution in [1.82, 2.24) is 9.88 Å². The third kappa shape index (κ3) is 7.22. The monoisotopic (exact) mass is 612 g/mol. The van der Waals surface area contributed by atoms with Crippen molar-refractivity contribution in [2.24, 2.45) is 11.8 Å². The first-order valence-electron chi connectivity index (χ1n) is 15.0. The molecule has 2 fully saturated rings. The number of aromatic amines is 1. The Morgan fingerprint density at radius 1 is 0.925 bits per heavy atom. The van der Waals surface area contributed by atoms with Crippen LogP contribution in [0, 0.1) is 11.8 Å². The first kappa shape index (κ1) is 29.4. The average molecular weight is 614 g/mol. The zero-order valence-electron chi connectivity index (χ0n) is 24.1. The van der Waals surface area contributed by atoms with Crippen LogP contribution in [0.5, 0.6) is 11.5 Å². The maximum absolute atomic E-state index is 5.68. The van der Waals surface area contributed by atoms with Gasteiger partial charge < -0.3 is 23.9 Å². The van der Waals surface area contributed by atoms with Gasteiger partial charge in [-0.05, 0) is 91.7 Å². The molecule has 0 amide bonds. The summed E-state index contributed by atoms with van der Waals surface area (Å²) >= 11 is 3.46. The van der Waals surface area contributed by atoms with E-state index < -0.39 is 0 Å². The molecule has 0 spiro atoms. The van der Waals surface area contributed by atoms with Crippen LogP contribution in [0.25, 0.3) is 10.9 Å². The number of halogens is 1. The molecule has 0 aliphatic carbocycles. The first-order valence-corrected chi connectivity index (χ1v) is 16.1. The topological polar surface area (TPSA) is 56.0 Å². The van der Waals surface area contributed by atoms with E-state index in [0.29, 0.717) is 6.04 Å². The van der Waals surface area contributed by atoms with E-state index in [9.17, 15) is 0 Å². The van der Waals surface area contributed by atoms with Crippen LogP contribution >= 0.6 is 15.9 Å². The average Bonchev–Trinajstić information content (AvgIpc) is 3.44. The fourth-order valence-electron chi connectivity index (χ4n) is 6.43. The highest BCUT2D eigenvalue weighted by molar-refractivity contribution is 9.09.